The summed E-state index contributed by atoms with van der Waals surface area (Å²) < 4.78 is 0. The van der Waals surface area contributed by atoms with Gasteiger partial charge in [-0.2, -0.15) is 0 Å². The van der Waals surface area contributed by atoms with Gasteiger partial charge in [-0.3, -0.25) is 0 Å². The summed E-state index contributed by atoms with van der Waals surface area (Å²) in [4.78, 5) is 0. The molecule has 0 radical (unpaired) electrons. The Morgan fingerprint density at radius 2 is 2.00 bits per heavy atom. The van der Waals surface area contributed by atoms with Crippen molar-refractivity contribution >= 4 is 0 Å². The van der Waals surface area contributed by atoms with Crippen molar-refractivity contribution in [3.8, 4) is 0 Å². The van der Waals surface area contributed by atoms with Gasteiger partial charge in [-0.15, -0.1) is 6.58 Å². The predicted octanol–water partition coefficient (Wildman–Crippen LogP) is 3.76. The zero-order chi connectivity index (χ0) is 11.1. The lowest BCUT2D eigenvalue weighted by atomic mass is 9.77. The predicted molar refractivity (Wildman–Crippen MR) is 68.0 cm³/mol. The van der Waals surface area contributed by atoms with Crippen LogP contribution < -0.4 is 5.32 Å². The van der Waals surface area contributed by atoms with Gasteiger partial charge in [0.2, 0.25) is 0 Å². The summed E-state index contributed by atoms with van der Waals surface area (Å²) in [5.41, 5.74) is 0. The molecule has 15 heavy (non-hydrogen) atoms. The van der Waals surface area contributed by atoms with Crippen LogP contribution in [0.5, 0.6) is 0 Å². The van der Waals surface area contributed by atoms with Gasteiger partial charge in [0.05, 0.1) is 0 Å². The third kappa shape index (κ3) is 3.98. The van der Waals surface area contributed by atoms with Gasteiger partial charge in [0.25, 0.3) is 0 Å². The van der Waals surface area contributed by atoms with E-state index in [1.165, 1.54) is 44.9 Å². The highest BCUT2D eigenvalue weighted by molar-refractivity contribution is 4.92. The second kappa shape index (κ2) is 7.05. The second-order valence-corrected chi connectivity index (χ2v) is 4.97. The van der Waals surface area contributed by atoms with Crippen LogP contribution in [0.4, 0.5) is 0 Å². The number of hydrogen-bond donors (Lipinski definition) is 1. The molecule has 0 amide bonds. The molecule has 0 aromatic rings. The largest absolute Gasteiger partial charge is 0.313 e. The molecule has 1 N–H and O–H groups in total. The molecule has 1 rings (SSSR count). The Hall–Kier alpha value is -0.300. The van der Waals surface area contributed by atoms with Crippen LogP contribution >= 0.6 is 0 Å². The van der Waals surface area contributed by atoms with Crippen LogP contribution in [0.3, 0.4) is 0 Å². The van der Waals surface area contributed by atoms with Crippen molar-refractivity contribution in [3.63, 3.8) is 0 Å². The number of likely N-dealkylation sites (N-methyl/N-ethyl adjacent to an activating group) is 1. The van der Waals surface area contributed by atoms with Crippen LogP contribution in [0, 0.1) is 11.8 Å². The topological polar surface area (TPSA) is 12.0 Å². The summed E-state index contributed by atoms with van der Waals surface area (Å²) in [5, 5.41) is 3.36. The first kappa shape index (κ1) is 12.8. The van der Waals surface area contributed by atoms with Crippen LogP contribution in [0.15, 0.2) is 12.7 Å². The SMILES string of the molecule is C=CC(NC)C1CCC(CCCC)CC1. The molecule has 1 aliphatic rings. The molecule has 0 heterocycles. The maximum absolute atomic E-state index is 3.91. The molecule has 0 spiro atoms. The molecule has 1 heteroatoms. The van der Waals surface area contributed by atoms with Gasteiger partial charge in [-0.05, 0) is 31.7 Å². The lowest BCUT2D eigenvalue weighted by molar-refractivity contribution is 0.235. The van der Waals surface area contributed by atoms with E-state index in [4.69, 9.17) is 0 Å². The standard InChI is InChI=1S/C14H27N/c1-4-6-7-12-8-10-13(11-9-12)14(5-2)15-3/h5,12-15H,2,4,6-11H2,1,3H3. The van der Waals surface area contributed by atoms with Gasteiger partial charge in [0.15, 0.2) is 0 Å². The van der Waals surface area contributed by atoms with E-state index in [1.54, 1.807) is 0 Å². The Bertz CT molecular complexity index is 168. The number of rotatable bonds is 6. The summed E-state index contributed by atoms with van der Waals surface area (Å²) in [6.07, 6.45) is 12.0. The van der Waals surface area contributed by atoms with E-state index in [9.17, 15) is 0 Å². The highest BCUT2D eigenvalue weighted by atomic mass is 14.9. The van der Waals surface area contributed by atoms with E-state index >= 15 is 0 Å². The van der Waals surface area contributed by atoms with Crippen molar-refractivity contribution < 1.29 is 0 Å². The van der Waals surface area contributed by atoms with Gasteiger partial charge in [-0.25, -0.2) is 0 Å². The van der Waals surface area contributed by atoms with Crippen molar-refractivity contribution in [1.82, 2.24) is 5.32 Å². The fourth-order valence-corrected chi connectivity index (χ4v) is 2.87. The van der Waals surface area contributed by atoms with E-state index in [1.807, 2.05) is 0 Å². The minimum atomic E-state index is 0.539. The highest BCUT2D eigenvalue weighted by Gasteiger charge is 2.24. The maximum atomic E-state index is 3.91. The Balaban J connectivity index is 2.25. The zero-order valence-corrected chi connectivity index (χ0v) is 10.5. The van der Waals surface area contributed by atoms with Crippen LogP contribution in [0.1, 0.15) is 51.9 Å². The first-order valence-corrected chi connectivity index (χ1v) is 6.61. The number of unbranched alkanes of at least 4 members (excludes halogenated alkanes) is 1. The maximum Gasteiger partial charge on any atom is 0.0272 e. The molecule has 1 nitrogen and oxygen atoms in total. The monoisotopic (exact) mass is 209 g/mol. The molecular weight excluding hydrogens is 182 g/mol. The molecule has 1 aliphatic carbocycles. The molecule has 1 atom stereocenters. The van der Waals surface area contributed by atoms with Crippen LogP contribution in [0.25, 0.3) is 0 Å². The molecule has 1 saturated carbocycles. The average molecular weight is 209 g/mol. The van der Waals surface area contributed by atoms with Gasteiger partial charge < -0.3 is 5.32 Å². The van der Waals surface area contributed by atoms with Gasteiger partial charge in [0, 0.05) is 6.04 Å². The van der Waals surface area contributed by atoms with E-state index < -0.39 is 0 Å². The summed E-state index contributed by atoms with van der Waals surface area (Å²) in [6, 6.07) is 0.539. The smallest absolute Gasteiger partial charge is 0.0272 e. The van der Waals surface area contributed by atoms with Crippen molar-refractivity contribution in [2.75, 3.05) is 7.05 Å². The molecule has 88 valence electrons. The quantitative estimate of drug-likeness (QED) is 0.657. The molecular formula is C14H27N. The van der Waals surface area contributed by atoms with Crippen molar-refractivity contribution in [3.05, 3.63) is 12.7 Å². The van der Waals surface area contributed by atoms with E-state index in [-0.39, 0.29) is 0 Å². The van der Waals surface area contributed by atoms with Crippen molar-refractivity contribution in [2.45, 2.75) is 57.9 Å². The molecule has 0 aliphatic heterocycles. The summed E-state index contributed by atoms with van der Waals surface area (Å²) in [5.74, 6) is 1.86. The number of nitrogens with one attached hydrogen (secondary N) is 1. The summed E-state index contributed by atoms with van der Waals surface area (Å²) in [6.45, 7) is 6.21. The molecule has 0 aromatic carbocycles. The normalized spacial score (nSPS) is 28.7. The fourth-order valence-electron chi connectivity index (χ4n) is 2.87. The first-order chi connectivity index (χ1) is 7.31. The van der Waals surface area contributed by atoms with Crippen LogP contribution in [-0.4, -0.2) is 13.1 Å². The molecule has 1 unspecified atom stereocenters. The highest BCUT2D eigenvalue weighted by Crippen LogP contribution is 2.33. The lowest BCUT2D eigenvalue weighted by Crippen LogP contribution is -2.34. The van der Waals surface area contributed by atoms with E-state index in [2.05, 4.69) is 31.9 Å². The summed E-state index contributed by atoms with van der Waals surface area (Å²) in [7, 11) is 2.05. The molecule has 0 aromatic heterocycles. The molecule has 0 saturated heterocycles. The van der Waals surface area contributed by atoms with Crippen LogP contribution in [0.2, 0.25) is 0 Å². The Morgan fingerprint density at radius 1 is 1.33 bits per heavy atom. The molecule has 1 fully saturated rings. The van der Waals surface area contributed by atoms with Gasteiger partial charge in [-0.1, -0.05) is 45.1 Å². The fraction of sp³-hybridized carbons (Fsp3) is 0.857. The Kier molecular flexibility index (Phi) is 6.00. The minimum Gasteiger partial charge on any atom is -0.313 e. The van der Waals surface area contributed by atoms with E-state index in [0.29, 0.717) is 6.04 Å². The van der Waals surface area contributed by atoms with Crippen molar-refractivity contribution in [2.24, 2.45) is 11.8 Å². The zero-order valence-electron chi connectivity index (χ0n) is 10.5. The van der Waals surface area contributed by atoms with E-state index in [0.717, 1.165) is 11.8 Å². The summed E-state index contributed by atoms with van der Waals surface area (Å²) >= 11 is 0. The lowest BCUT2D eigenvalue weighted by Gasteiger charge is -2.32. The minimum absolute atomic E-state index is 0.539. The third-order valence-electron chi connectivity index (χ3n) is 3.95. The van der Waals surface area contributed by atoms with Crippen LogP contribution in [-0.2, 0) is 0 Å². The van der Waals surface area contributed by atoms with Gasteiger partial charge >= 0.3 is 0 Å². The average Bonchev–Trinajstić information content (AvgIpc) is 2.29. The third-order valence-corrected chi connectivity index (χ3v) is 3.95. The van der Waals surface area contributed by atoms with Gasteiger partial charge in [0.1, 0.15) is 0 Å². The molecule has 0 bridgehead atoms. The Morgan fingerprint density at radius 3 is 2.47 bits per heavy atom. The Labute approximate surface area is 95.3 Å². The second-order valence-electron chi connectivity index (χ2n) is 4.97. The first-order valence-electron chi connectivity index (χ1n) is 6.61. The van der Waals surface area contributed by atoms with Crippen molar-refractivity contribution in [1.29, 1.82) is 0 Å². The number of hydrogen-bond acceptors (Lipinski definition) is 1.